The number of ketones is 1. The van der Waals surface area contributed by atoms with Gasteiger partial charge in [-0.05, 0) is 25.1 Å². The van der Waals surface area contributed by atoms with Crippen molar-refractivity contribution in [1.82, 2.24) is 0 Å². The Morgan fingerprint density at radius 2 is 1.87 bits per heavy atom. The third-order valence-corrected chi connectivity index (χ3v) is 3.66. The molecule has 0 bridgehead atoms. The third kappa shape index (κ3) is 3.62. The van der Waals surface area contributed by atoms with E-state index >= 15 is 0 Å². The van der Waals surface area contributed by atoms with Crippen molar-refractivity contribution in [3.05, 3.63) is 23.8 Å². The highest BCUT2D eigenvalue weighted by molar-refractivity contribution is 5.94. The number of carbonyl (C=O) groups is 1. The lowest BCUT2D eigenvalue weighted by atomic mass is 9.99. The van der Waals surface area contributed by atoms with Crippen molar-refractivity contribution in [3.8, 4) is 11.5 Å². The molecule has 1 aromatic rings. The molecule has 1 aliphatic rings. The minimum absolute atomic E-state index is 0.150. The fourth-order valence-corrected chi connectivity index (χ4v) is 2.27. The average Bonchev–Trinajstić information content (AvgIpc) is 2.55. The summed E-state index contributed by atoms with van der Waals surface area (Å²) in [7, 11) is 1.39. The maximum Gasteiger partial charge on any atom is 0.229 e. The SMILES string of the molecule is COc1cc(C(C)=O)ccc1O[C@H]1O[C@@H](CO)[C@@H](O)[C@@H](O)[C@@H]1O. The van der Waals surface area contributed by atoms with Crippen LogP contribution >= 0.6 is 0 Å². The molecule has 1 aromatic carbocycles. The lowest BCUT2D eigenvalue weighted by molar-refractivity contribution is -0.277. The summed E-state index contributed by atoms with van der Waals surface area (Å²) in [6, 6.07) is 4.46. The molecule has 1 heterocycles. The second-order valence-electron chi connectivity index (χ2n) is 5.24. The van der Waals surface area contributed by atoms with Crippen LogP contribution in [0.25, 0.3) is 0 Å². The zero-order valence-electron chi connectivity index (χ0n) is 12.7. The Labute approximate surface area is 132 Å². The number of aliphatic hydroxyl groups is 4. The Morgan fingerprint density at radius 3 is 2.43 bits per heavy atom. The smallest absolute Gasteiger partial charge is 0.229 e. The van der Waals surface area contributed by atoms with E-state index < -0.39 is 37.3 Å². The van der Waals surface area contributed by atoms with Gasteiger partial charge < -0.3 is 34.6 Å². The first-order chi connectivity index (χ1) is 10.9. The molecule has 5 atom stereocenters. The number of Topliss-reactive ketones (excluding diaryl/α,β-unsaturated/α-hetero) is 1. The van der Waals surface area contributed by atoms with Crippen LogP contribution in [0.5, 0.6) is 11.5 Å². The summed E-state index contributed by atoms with van der Waals surface area (Å²) < 4.78 is 15.9. The van der Waals surface area contributed by atoms with Gasteiger partial charge in [0.15, 0.2) is 17.3 Å². The van der Waals surface area contributed by atoms with Gasteiger partial charge in [0.1, 0.15) is 24.4 Å². The molecule has 1 fully saturated rings. The Morgan fingerprint density at radius 1 is 1.17 bits per heavy atom. The summed E-state index contributed by atoms with van der Waals surface area (Å²) in [5.41, 5.74) is 0.419. The van der Waals surface area contributed by atoms with Crippen LogP contribution in [0.15, 0.2) is 18.2 Å². The first kappa shape index (κ1) is 17.6. The van der Waals surface area contributed by atoms with E-state index in [0.717, 1.165) is 0 Å². The zero-order chi connectivity index (χ0) is 17.1. The molecular weight excluding hydrogens is 308 g/mol. The molecule has 0 radical (unpaired) electrons. The molecule has 8 heteroatoms. The van der Waals surface area contributed by atoms with Gasteiger partial charge in [0.25, 0.3) is 0 Å². The molecule has 0 spiro atoms. The summed E-state index contributed by atoms with van der Waals surface area (Å²) in [5.74, 6) is 0.277. The first-order valence-electron chi connectivity index (χ1n) is 7.05. The largest absolute Gasteiger partial charge is 0.493 e. The van der Waals surface area contributed by atoms with E-state index in [1.807, 2.05) is 0 Å². The maximum absolute atomic E-state index is 11.4. The number of ether oxygens (including phenoxy) is 3. The number of rotatable bonds is 5. The molecule has 23 heavy (non-hydrogen) atoms. The Hall–Kier alpha value is -1.71. The molecule has 0 amide bonds. The third-order valence-electron chi connectivity index (χ3n) is 3.66. The van der Waals surface area contributed by atoms with Crippen molar-refractivity contribution < 1.29 is 39.4 Å². The van der Waals surface area contributed by atoms with Gasteiger partial charge in [0.2, 0.25) is 6.29 Å². The lowest BCUT2D eigenvalue weighted by Gasteiger charge is -2.39. The first-order valence-corrected chi connectivity index (χ1v) is 7.05. The van der Waals surface area contributed by atoms with Crippen LogP contribution in [0, 0.1) is 0 Å². The summed E-state index contributed by atoms with van der Waals surface area (Å²) in [5, 5.41) is 38.6. The summed E-state index contributed by atoms with van der Waals surface area (Å²) in [6.45, 7) is 0.859. The van der Waals surface area contributed by atoms with Crippen molar-refractivity contribution in [1.29, 1.82) is 0 Å². The van der Waals surface area contributed by atoms with E-state index in [0.29, 0.717) is 5.56 Å². The van der Waals surface area contributed by atoms with E-state index in [1.54, 1.807) is 0 Å². The highest BCUT2D eigenvalue weighted by Gasteiger charge is 2.44. The van der Waals surface area contributed by atoms with E-state index in [9.17, 15) is 20.1 Å². The molecular formula is C15H20O8. The Balaban J connectivity index is 2.22. The molecule has 1 saturated heterocycles. The molecule has 128 valence electrons. The Bertz CT molecular complexity index is 558. The van der Waals surface area contributed by atoms with Gasteiger partial charge in [-0.3, -0.25) is 4.79 Å². The zero-order valence-corrected chi connectivity index (χ0v) is 12.7. The predicted molar refractivity (Wildman–Crippen MR) is 77.4 cm³/mol. The standard InChI is InChI=1S/C15H20O8/c1-7(17)8-3-4-9(10(5-8)21-2)22-15-14(20)13(19)12(18)11(6-16)23-15/h3-5,11-16,18-20H,6H2,1-2H3/t11-,12+,13+,14-,15-/m0/s1. The van der Waals surface area contributed by atoms with Crippen molar-refractivity contribution in [2.45, 2.75) is 37.6 Å². The number of hydrogen-bond acceptors (Lipinski definition) is 8. The van der Waals surface area contributed by atoms with Gasteiger partial charge in [-0.25, -0.2) is 0 Å². The minimum Gasteiger partial charge on any atom is -0.493 e. The lowest BCUT2D eigenvalue weighted by Crippen LogP contribution is -2.60. The van der Waals surface area contributed by atoms with Crippen LogP contribution in [0.1, 0.15) is 17.3 Å². The van der Waals surface area contributed by atoms with Gasteiger partial charge in [0.05, 0.1) is 13.7 Å². The number of aliphatic hydroxyl groups excluding tert-OH is 4. The highest BCUT2D eigenvalue weighted by Crippen LogP contribution is 2.32. The molecule has 2 rings (SSSR count). The van der Waals surface area contributed by atoms with Gasteiger partial charge >= 0.3 is 0 Å². The average molecular weight is 328 g/mol. The summed E-state index contributed by atoms with van der Waals surface area (Å²) in [6.07, 6.45) is -6.90. The number of hydrogen-bond donors (Lipinski definition) is 4. The topological polar surface area (TPSA) is 126 Å². The second kappa shape index (κ2) is 7.24. The predicted octanol–water partition coefficient (Wildman–Crippen LogP) is -0.924. The van der Waals surface area contributed by atoms with E-state index in [1.165, 1.54) is 32.2 Å². The number of carbonyl (C=O) groups excluding carboxylic acids is 1. The Kier molecular flexibility index (Phi) is 5.55. The van der Waals surface area contributed by atoms with Crippen molar-refractivity contribution >= 4 is 5.78 Å². The van der Waals surface area contributed by atoms with Gasteiger partial charge in [-0.2, -0.15) is 0 Å². The van der Waals surface area contributed by atoms with Crippen molar-refractivity contribution in [2.75, 3.05) is 13.7 Å². The molecule has 0 unspecified atom stereocenters. The van der Waals surface area contributed by atoms with Crippen LogP contribution in [0.3, 0.4) is 0 Å². The van der Waals surface area contributed by atoms with E-state index in [2.05, 4.69) is 0 Å². The van der Waals surface area contributed by atoms with Gasteiger partial charge in [-0.1, -0.05) is 0 Å². The van der Waals surface area contributed by atoms with Crippen molar-refractivity contribution in [2.24, 2.45) is 0 Å². The molecule has 0 saturated carbocycles. The van der Waals surface area contributed by atoms with E-state index in [-0.39, 0.29) is 17.3 Å². The fourth-order valence-electron chi connectivity index (χ4n) is 2.27. The van der Waals surface area contributed by atoms with Crippen LogP contribution in [-0.4, -0.2) is 70.6 Å². The monoisotopic (exact) mass is 328 g/mol. The van der Waals surface area contributed by atoms with Gasteiger partial charge in [0, 0.05) is 5.56 Å². The maximum atomic E-state index is 11.4. The normalized spacial score (nSPS) is 30.8. The van der Waals surface area contributed by atoms with Crippen LogP contribution in [-0.2, 0) is 4.74 Å². The minimum atomic E-state index is -1.53. The van der Waals surface area contributed by atoms with E-state index in [4.69, 9.17) is 19.3 Å². The molecule has 0 aromatic heterocycles. The second-order valence-corrected chi connectivity index (χ2v) is 5.24. The molecule has 8 nitrogen and oxygen atoms in total. The highest BCUT2D eigenvalue weighted by atomic mass is 16.7. The summed E-state index contributed by atoms with van der Waals surface area (Å²) in [4.78, 5) is 11.4. The number of methoxy groups -OCH3 is 1. The summed E-state index contributed by atoms with van der Waals surface area (Å²) >= 11 is 0. The van der Waals surface area contributed by atoms with Crippen LogP contribution in [0.4, 0.5) is 0 Å². The molecule has 4 N–H and O–H groups in total. The van der Waals surface area contributed by atoms with Gasteiger partial charge in [-0.15, -0.1) is 0 Å². The molecule has 0 aliphatic carbocycles. The van der Waals surface area contributed by atoms with Crippen LogP contribution in [0.2, 0.25) is 0 Å². The fraction of sp³-hybridized carbons (Fsp3) is 0.533. The van der Waals surface area contributed by atoms with Crippen molar-refractivity contribution in [3.63, 3.8) is 0 Å². The van der Waals surface area contributed by atoms with Crippen LogP contribution < -0.4 is 9.47 Å². The number of benzene rings is 1. The molecule has 1 aliphatic heterocycles. The quantitative estimate of drug-likeness (QED) is 0.511.